The van der Waals surface area contributed by atoms with E-state index in [0.29, 0.717) is 13.0 Å². The number of carbonyl (C=O) groups is 2. The third-order valence-electron chi connectivity index (χ3n) is 3.12. The van der Waals surface area contributed by atoms with Crippen molar-refractivity contribution in [3.8, 4) is 0 Å². The number of rotatable bonds is 7. The number of amides is 2. The van der Waals surface area contributed by atoms with Gasteiger partial charge in [-0.2, -0.15) is 0 Å². The molecule has 0 bridgehead atoms. The van der Waals surface area contributed by atoms with E-state index >= 15 is 0 Å². The molecule has 0 saturated carbocycles. The molecule has 1 aromatic rings. The van der Waals surface area contributed by atoms with Crippen molar-refractivity contribution in [3.63, 3.8) is 0 Å². The van der Waals surface area contributed by atoms with Crippen LogP contribution >= 0.6 is 11.8 Å². The van der Waals surface area contributed by atoms with Gasteiger partial charge in [-0.3, -0.25) is 9.59 Å². The Bertz CT molecular complexity index is 633. The van der Waals surface area contributed by atoms with Crippen LogP contribution in [-0.2, 0) is 9.59 Å². The van der Waals surface area contributed by atoms with Crippen LogP contribution in [0.2, 0.25) is 0 Å². The number of thioether (sulfide) groups is 1. The molecule has 4 nitrogen and oxygen atoms in total. The molecule has 25 heavy (non-hydrogen) atoms. The van der Waals surface area contributed by atoms with E-state index in [-0.39, 0.29) is 23.0 Å². The maximum atomic E-state index is 13.6. The molecular formula is C17H23F3N2O2S. The van der Waals surface area contributed by atoms with Crippen LogP contribution in [0.25, 0.3) is 0 Å². The van der Waals surface area contributed by atoms with Gasteiger partial charge in [0.05, 0.1) is 18.0 Å². The summed E-state index contributed by atoms with van der Waals surface area (Å²) in [5, 5.41) is 2.17. The predicted octanol–water partition coefficient (Wildman–Crippen LogP) is 3.81. The summed E-state index contributed by atoms with van der Waals surface area (Å²) in [6.45, 7) is 7.89. The summed E-state index contributed by atoms with van der Waals surface area (Å²) in [7, 11) is 0. The van der Waals surface area contributed by atoms with Gasteiger partial charge in [0.25, 0.3) is 0 Å². The van der Waals surface area contributed by atoms with Gasteiger partial charge in [-0.25, -0.2) is 13.2 Å². The third kappa shape index (κ3) is 6.97. The highest BCUT2D eigenvalue weighted by Crippen LogP contribution is 2.23. The van der Waals surface area contributed by atoms with E-state index in [2.05, 4.69) is 5.32 Å². The third-order valence-corrected chi connectivity index (χ3v) is 4.38. The zero-order valence-corrected chi connectivity index (χ0v) is 15.6. The van der Waals surface area contributed by atoms with Crippen LogP contribution in [-0.4, -0.2) is 40.3 Å². The molecule has 0 atom stereocenters. The minimum Gasteiger partial charge on any atom is -0.333 e. The van der Waals surface area contributed by atoms with E-state index in [1.165, 1.54) is 16.7 Å². The topological polar surface area (TPSA) is 49.4 Å². The predicted molar refractivity (Wildman–Crippen MR) is 94.0 cm³/mol. The van der Waals surface area contributed by atoms with E-state index in [1.807, 2.05) is 27.7 Å². The normalized spacial score (nSPS) is 11.3. The Balaban J connectivity index is 2.73. The molecule has 0 aliphatic heterocycles. The molecule has 140 valence electrons. The number of nitrogens with one attached hydrogen (secondary N) is 1. The van der Waals surface area contributed by atoms with Crippen molar-refractivity contribution in [2.75, 3.05) is 24.2 Å². The van der Waals surface area contributed by atoms with Gasteiger partial charge >= 0.3 is 0 Å². The van der Waals surface area contributed by atoms with Crippen molar-refractivity contribution in [1.29, 1.82) is 0 Å². The fraction of sp³-hybridized carbons (Fsp3) is 0.529. The van der Waals surface area contributed by atoms with Gasteiger partial charge in [0.15, 0.2) is 17.5 Å². The fourth-order valence-electron chi connectivity index (χ4n) is 1.92. The first-order chi connectivity index (χ1) is 11.5. The zero-order valence-electron chi connectivity index (χ0n) is 14.8. The Morgan fingerprint density at radius 3 is 2.36 bits per heavy atom. The number of benzene rings is 1. The van der Waals surface area contributed by atoms with E-state index in [1.54, 1.807) is 0 Å². The molecule has 1 rings (SSSR count). The first-order valence-corrected chi connectivity index (χ1v) is 8.88. The highest BCUT2D eigenvalue weighted by molar-refractivity contribution is 8.01. The Morgan fingerprint density at radius 2 is 1.80 bits per heavy atom. The quantitative estimate of drug-likeness (QED) is 0.736. The Morgan fingerprint density at radius 1 is 1.16 bits per heavy atom. The summed E-state index contributed by atoms with van der Waals surface area (Å²) < 4.78 is 39.6. The second-order valence-electron chi connectivity index (χ2n) is 6.49. The van der Waals surface area contributed by atoms with Gasteiger partial charge in [-0.1, -0.05) is 27.7 Å². The van der Waals surface area contributed by atoms with Crippen molar-refractivity contribution in [1.82, 2.24) is 4.90 Å². The molecule has 0 aliphatic carbocycles. The summed E-state index contributed by atoms with van der Waals surface area (Å²) in [4.78, 5) is 25.7. The minimum atomic E-state index is -1.65. The molecule has 1 N–H and O–H groups in total. The molecule has 0 aliphatic rings. The molecule has 0 radical (unpaired) electrons. The van der Waals surface area contributed by atoms with E-state index in [4.69, 9.17) is 0 Å². The summed E-state index contributed by atoms with van der Waals surface area (Å²) in [6.07, 6.45) is 0.652. The smallest absolute Gasteiger partial charge is 0.244 e. The average molecular weight is 376 g/mol. The molecule has 8 heteroatoms. The van der Waals surface area contributed by atoms with Gasteiger partial charge < -0.3 is 10.2 Å². The van der Waals surface area contributed by atoms with Crippen molar-refractivity contribution in [2.45, 2.75) is 38.9 Å². The molecule has 0 aromatic heterocycles. The lowest BCUT2D eigenvalue weighted by molar-refractivity contribution is -0.132. The zero-order chi connectivity index (χ0) is 19.2. The van der Waals surface area contributed by atoms with Crippen molar-refractivity contribution in [3.05, 3.63) is 29.6 Å². The maximum absolute atomic E-state index is 13.6. The van der Waals surface area contributed by atoms with Crippen LogP contribution in [0.4, 0.5) is 18.9 Å². The lowest BCUT2D eigenvalue weighted by atomic mass is 10.2. The fourth-order valence-corrected chi connectivity index (χ4v) is 2.66. The molecule has 2 amide bonds. The van der Waals surface area contributed by atoms with Crippen LogP contribution in [0.3, 0.4) is 0 Å². The van der Waals surface area contributed by atoms with Gasteiger partial charge in [0.1, 0.15) is 0 Å². The number of halogens is 3. The summed E-state index contributed by atoms with van der Waals surface area (Å²) >= 11 is 1.46. The van der Waals surface area contributed by atoms with Gasteiger partial charge in [0, 0.05) is 11.3 Å². The van der Waals surface area contributed by atoms with E-state index < -0.39 is 29.0 Å². The summed E-state index contributed by atoms with van der Waals surface area (Å²) in [5.74, 6) is -5.12. The van der Waals surface area contributed by atoms with Crippen LogP contribution in [0.15, 0.2) is 12.1 Å². The van der Waals surface area contributed by atoms with E-state index in [0.717, 1.165) is 12.1 Å². The Labute approximate surface area is 150 Å². The number of anilines is 1. The first-order valence-electron chi connectivity index (χ1n) is 7.90. The lowest BCUT2D eigenvalue weighted by Gasteiger charge is -2.24. The Hall–Kier alpha value is -1.70. The van der Waals surface area contributed by atoms with Crippen molar-refractivity contribution in [2.24, 2.45) is 0 Å². The number of carbonyl (C=O) groups excluding carboxylic acids is 2. The second-order valence-corrected chi connectivity index (χ2v) is 8.29. The highest BCUT2D eigenvalue weighted by Gasteiger charge is 2.21. The summed E-state index contributed by atoms with van der Waals surface area (Å²) in [5.41, 5.74) is -0.461. The highest BCUT2D eigenvalue weighted by atomic mass is 32.2. The standard InChI is InChI=1S/C17H23F3N2O2S/c1-5-8-22(14(24)10-25-17(2,3)4)9-13(23)21-12-7-6-11(18)15(19)16(12)20/h6-7H,5,8-10H2,1-4H3,(H,21,23). The minimum absolute atomic E-state index is 0.0927. The molecule has 0 spiro atoms. The summed E-state index contributed by atoms with van der Waals surface area (Å²) in [6, 6.07) is 1.66. The number of hydrogen-bond donors (Lipinski definition) is 1. The lowest BCUT2D eigenvalue weighted by Crippen LogP contribution is -2.40. The largest absolute Gasteiger partial charge is 0.333 e. The SMILES string of the molecule is CCCN(CC(=O)Nc1ccc(F)c(F)c1F)C(=O)CSC(C)(C)C. The second kappa shape index (κ2) is 9.12. The average Bonchev–Trinajstić information content (AvgIpc) is 2.52. The van der Waals surface area contributed by atoms with Gasteiger partial charge in [-0.15, -0.1) is 11.8 Å². The van der Waals surface area contributed by atoms with Gasteiger partial charge in [0.2, 0.25) is 11.8 Å². The molecule has 1 aromatic carbocycles. The number of hydrogen-bond acceptors (Lipinski definition) is 3. The van der Waals surface area contributed by atoms with E-state index in [9.17, 15) is 22.8 Å². The van der Waals surface area contributed by atoms with Crippen molar-refractivity contribution >= 4 is 29.3 Å². The van der Waals surface area contributed by atoms with Gasteiger partial charge in [-0.05, 0) is 18.6 Å². The molecule has 0 unspecified atom stereocenters. The first kappa shape index (κ1) is 21.3. The van der Waals surface area contributed by atoms with Crippen LogP contribution in [0.5, 0.6) is 0 Å². The maximum Gasteiger partial charge on any atom is 0.244 e. The van der Waals surface area contributed by atoms with Crippen LogP contribution in [0.1, 0.15) is 34.1 Å². The molecule has 0 heterocycles. The Kier molecular flexibility index (Phi) is 7.79. The molecule has 0 fully saturated rings. The molecule has 0 saturated heterocycles. The number of nitrogens with zero attached hydrogens (tertiary/aromatic N) is 1. The molecular weight excluding hydrogens is 353 g/mol. The van der Waals surface area contributed by atoms with Crippen molar-refractivity contribution < 1.29 is 22.8 Å². The van der Waals surface area contributed by atoms with Crippen LogP contribution in [0, 0.1) is 17.5 Å². The monoisotopic (exact) mass is 376 g/mol. The van der Waals surface area contributed by atoms with Crippen LogP contribution < -0.4 is 5.32 Å².